The van der Waals surface area contributed by atoms with Crippen LogP contribution in [0.2, 0.25) is 0 Å². The standard InChI is InChI=1S/C18H21N3O2S/c1-13(2)12-23-8-7-17(22)21-18-20-11-16(24-18)9-14-3-5-15(10-19)6-4-14/h3-6,11,13H,7-9,12H2,1-2H3,(H,20,21,22). The second kappa shape index (κ2) is 9.16. The molecule has 0 saturated carbocycles. The molecule has 0 fully saturated rings. The van der Waals surface area contributed by atoms with E-state index >= 15 is 0 Å². The second-order valence-corrected chi connectivity index (χ2v) is 7.00. The predicted molar refractivity (Wildman–Crippen MR) is 95.0 cm³/mol. The van der Waals surface area contributed by atoms with Gasteiger partial charge in [-0.3, -0.25) is 4.79 Å². The van der Waals surface area contributed by atoms with Crippen molar-refractivity contribution in [3.63, 3.8) is 0 Å². The first kappa shape index (κ1) is 18.1. The molecular formula is C18H21N3O2S. The number of amides is 1. The summed E-state index contributed by atoms with van der Waals surface area (Å²) in [6.07, 6.45) is 2.84. The summed E-state index contributed by atoms with van der Waals surface area (Å²) in [5.74, 6) is 0.384. The van der Waals surface area contributed by atoms with Crippen molar-refractivity contribution in [1.82, 2.24) is 4.98 Å². The Hall–Kier alpha value is -2.23. The largest absolute Gasteiger partial charge is 0.381 e. The van der Waals surface area contributed by atoms with Crippen LogP contribution < -0.4 is 5.32 Å². The maximum absolute atomic E-state index is 11.8. The number of rotatable bonds is 8. The van der Waals surface area contributed by atoms with Crippen LogP contribution in [0.15, 0.2) is 30.5 Å². The number of nitriles is 1. The van der Waals surface area contributed by atoms with Crippen LogP contribution in [0, 0.1) is 17.2 Å². The van der Waals surface area contributed by atoms with Crippen LogP contribution in [0.4, 0.5) is 5.13 Å². The summed E-state index contributed by atoms with van der Waals surface area (Å²) in [7, 11) is 0. The quantitative estimate of drug-likeness (QED) is 0.743. The molecule has 0 saturated heterocycles. The average molecular weight is 343 g/mol. The molecule has 6 heteroatoms. The molecule has 0 bridgehead atoms. The van der Waals surface area contributed by atoms with Crippen molar-refractivity contribution in [1.29, 1.82) is 5.26 Å². The zero-order valence-electron chi connectivity index (χ0n) is 13.9. The summed E-state index contributed by atoms with van der Waals surface area (Å²) in [5.41, 5.74) is 1.76. The summed E-state index contributed by atoms with van der Waals surface area (Å²) in [6, 6.07) is 9.57. The Bertz CT molecular complexity index is 702. The maximum Gasteiger partial charge on any atom is 0.228 e. The monoisotopic (exact) mass is 343 g/mol. The third kappa shape index (κ3) is 6.11. The fourth-order valence-corrected chi connectivity index (χ4v) is 2.87. The van der Waals surface area contributed by atoms with Gasteiger partial charge in [-0.05, 0) is 23.6 Å². The van der Waals surface area contributed by atoms with E-state index in [9.17, 15) is 4.79 Å². The lowest BCUT2D eigenvalue weighted by Crippen LogP contribution is -2.15. The van der Waals surface area contributed by atoms with Crippen LogP contribution >= 0.6 is 11.3 Å². The fraction of sp³-hybridized carbons (Fsp3) is 0.389. The minimum Gasteiger partial charge on any atom is -0.381 e. The van der Waals surface area contributed by atoms with Crippen LogP contribution in [0.1, 0.15) is 36.3 Å². The maximum atomic E-state index is 11.8. The first-order valence-corrected chi connectivity index (χ1v) is 8.70. The number of aromatic nitrogens is 1. The molecule has 0 atom stereocenters. The Morgan fingerprint density at radius 3 is 2.79 bits per heavy atom. The van der Waals surface area contributed by atoms with E-state index in [1.165, 1.54) is 11.3 Å². The molecule has 126 valence electrons. The highest BCUT2D eigenvalue weighted by molar-refractivity contribution is 7.15. The average Bonchev–Trinajstić information content (AvgIpc) is 2.99. The Morgan fingerprint density at radius 2 is 2.12 bits per heavy atom. The normalized spacial score (nSPS) is 10.6. The van der Waals surface area contributed by atoms with Crippen LogP contribution in [0.25, 0.3) is 0 Å². The molecule has 1 N–H and O–H groups in total. The summed E-state index contributed by atoms with van der Waals surface area (Å²) >= 11 is 1.46. The van der Waals surface area contributed by atoms with E-state index < -0.39 is 0 Å². The lowest BCUT2D eigenvalue weighted by molar-refractivity contribution is -0.117. The van der Waals surface area contributed by atoms with Gasteiger partial charge in [0.1, 0.15) is 0 Å². The summed E-state index contributed by atoms with van der Waals surface area (Å²) in [6.45, 7) is 5.24. The van der Waals surface area contributed by atoms with Crippen molar-refractivity contribution in [2.24, 2.45) is 5.92 Å². The molecule has 1 aromatic heterocycles. The fourth-order valence-electron chi connectivity index (χ4n) is 2.01. The highest BCUT2D eigenvalue weighted by Gasteiger charge is 2.08. The molecule has 24 heavy (non-hydrogen) atoms. The van der Waals surface area contributed by atoms with E-state index in [2.05, 4.69) is 30.2 Å². The van der Waals surface area contributed by atoms with Gasteiger partial charge in [-0.2, -0.15) is 5.26 Å². The zero-order valence-corrected chi connectivity index (χ0v) is 14.7. The van der Waals surface area contributed by atoms with E-state index in [0.29, 0.717) is 36.2 Å². The van der Waals surface area contributed by atoms with Crippen molar-refractivity contribution in [3.05, 3.63) is 46.5 Å². The van der Waals surface area contributed by atoms with E-state index in [4.69, 9.17) is 10.00 Å². The van der Waals surface area contributed by atoms with Crippen molar-refractivity contribution >= 4 is 22.4 Å². The first-order valence-electron chi connectivity index (χ1n) is 7.88. The van der Waals surface area contributed by atoms with Gasteiger partial charge in [0.2, 0.25) is 5.91 Å². The Balaban J connectivity index is 1.79. The van der Waals surface area contributed by atoms with E-state index in [0.717, 1.165) is 16.9 Å². The molecule has 5 nitrogen and oxygen atoms in total. The number of carbonyl (C=O) groups is 1. The molecule has 1 amide bonds. The Labute approximate surface area is 146 Å². The van der Waals surface area contributed by atoms with Gasteiger partial charge >= 0.3 is 0 Å². The van der Waals surface area contributed by atoms with Crippen molar-refractivity contribution in [2.45, 2.75) is 26.7 Å². The van der Waals surface area contributed by atoms with Gasteiger partial charge < -0.3 is 10.1 Å². The van der Waals surface area contributed by atoms with Gasteiger partial charge in [0, 0.05) is 24.1 Å². The molecule has 0 unspecified atom stereocenters. The van der Waals surface area contributed by atoms with E-state index in [1.54, 1.807) is 18.3 Å². The summed E-state index contributed by atoms with van der Waals surface area (Å²) < 4.78 is 5.41. The highest BCUT2D eigenvalue weighted by Crippen LogP contribution is 2.21. The second-order valence-electron chi connectivity index (χ2n) is 5.88. The molecule has 0 aliphatic heterocycles. The van der Waals surface area contributed by atoms with Crippen molar-refractivity contribution in [3.8, 4) is 6.07 Å². The molecule has 0 radical (unpaired) electrons. The molecule has 1 aromatic carbocycles. The minimum atomic E-state index is -0.0852. The van der Waals surface area contributed by atoms with Gasteiger partial charge in [0.25, 0.3) is 0 Å². The third-order valence-electron chi connectivity index (χ3n) is 3.19. The highest BCUT2D eigenvalue weighted by atomic mass is 32.1. The minimum absolute atomic E-state index is 0.0852. The molecular weight excluding hydrogens is 322 g/mol. The topological polar surface area (TPSA) is 75.0 Å². The van der Waals surface area contributed by atoms with Gasteiger partial charge in [-0.15, -0.1) is 11.3 Å². The molecule has 2 aromatic rings. The number of hydrogen-bond donors (Lipinski definition) is 1. The van der Waals surface area contributed by atoms with Gasteiger partial charge in [0.05, 0.1) is 24.7 Å². The third-order valence-corrected chi connectivity index (χ3v) is 4.10. The number of anilines is 1. The lowest BCUT2D eigenvalue weighted by atomic mass is 10.1. The predicted octanol–water partition coefficient (Wildman–Crippen LogP) is 3.61. The van der Waals surface area contributed by atoms with Gasteiger partial charge in [0.15, 0.2) is 5.13 Å². The molecule has 0 spiro atoms. The van der Waals surface area contributed by atoms with Crippen molar-refractivity contribution < 1.29 is 9.53 Å². The van der Waals surface area contributed by atoms with Crippen LogP contribution in [0.5, 0.6) is 0 Å². The Morgan fingerprint density at radius 1 is 1.38 bits per heavy atom. The first-order chi connectivity index (χ1) is 11.6. The number of ether oxygens (including phenoxy) is 1. The number of nitrogens with one attached hydrogen (secondary N) is 1. The van der Waals surface area contributed by atoms with Gasteiger partial charge in [-0.1, -0.05) is 26.0 Å². The number of carbonyl (C=O) groups excluding carboxylic acids is 1. The summed E-state index contributed by atoms with van der Waals surface area (Å²) in [5, 5.41) is 12.2. The summed E-state index contributed by atoms with van der Waals surface area (Å²) in [4.78, 5) is 17.1. The number of thiazole rings is 1. The van der Waals surface area contributed by atoms with Crippen LogP contribution in [0.3, 0.4) is 0 Å². The number of benzene rings is 1. The van der Waals surface area contributed by atoms with E-state index in [-0.39, 0.29) is 5.91 Å². The van der Waals surface area contributed by atoms with Crippen molar-refractivity contribution in [2.75, 3.05) is 18.5 Å². The molecule has 2 rings (SSSR count). The van der Waals surface area contributed by atoms with E-state index in [1.807, 2.05) is 12.1 Å². The number of nitrogens with zero attached hydrogens (tertiary/aromatic N) is 2. The van der Waals surface area contributed by atoms with Gasteiger partial charge in [-0.25, -0.2) is 4.98 Å². The Kier molecular flexibility index (Phi) is 6.91. The van der Waals surface area contributed by atoms with Crippen LogP contribution in [-0.2, 0) is 16.0 Å². The lowest BCUT2D eigenvalue weighted by Gasteiger charge is -2.06. The number of hydrogen-bond acceptors (Lipinski definition) is 5. The smallest absolute Gasteiger partial charge is 0.228 e. The molecule has 0 aliphatic rings. The molecule has 1 heterocycles. The van der Waals surface area contributed by atoms with Crippen LogP contribution in [-0.4, -0.2) is 24.1 Å². The SMILES string of the molecule is CC(C)COCCC(=O)Nc1ncc(Cc2ccc(C#N)cc2)s1. The zero-order chi connectivity index (χ0) is 17.4. The molecule has 0 aliphatic carbocycles.